The smallest absolute Gasteiger partial charge is 0.276 e. The van der Waals surface area contributed by atoms with Crippen LogP contribution >= 0.6 is 34.8 Å². The highest BCUT2D eigenvalue weighted by atomic mass is 35.5. The van der Waals surface area contributed by atoms with E-state index in [1.807, 2.05) is 0 Å². The summed E-state index contributed by atoms with van der Waals surface area (Å²) in [6.45, 7) is 0. The first-order valence-corrected chi connectivity index (χ1v) is 8.15. The number of rotatable bonds is 3. The maximum Gasteiger partial charge on any atom is 0.276 e. The molecule has 0 amide bonds. The van der Waals surface area contributed by atoms with E-state index in [4.69, 9.17) is 40.6 Å². The van der Waals surface area contributed by atoms with E-state index in [1.165, 1.54) is 12.1 Å². The maximum absolute atomic E-state index is 12.3. The first-order valence-electron chi connectivity index (χ1n) is 7.01. The summed E-state index contributed by atoms with van der Waals surface area (Å²) >= 11 is 17.7. The van der Waals surface area contributed by atoms with Crippen LogP contribution in [0.5, 0.6) is 0 Å². The molecule has 9 heteroatoms. The molecule has 0 radical (unpaired) electrons. The van der Waals surface area contributed by atoms with Gasteiger partial charge in [-0.05, 0) is 35.9 Å². The fourth-order valence-corrected chi connectivity index (χ4v) is 2.81. The average Bonchev–Trinajstić information content (AvgIpc) is 2.58. The van der Waals surface area contributed by atoms with Gasteiger partial charge in [0.05, 0.1) is 21.1 Å². The molecule has 0 bridgehead atoms. The molecule has 128 valence electrons. The van der Waals surface area contributed by atoms with Crippen molar-refractivity contribution in [1.29, 1.82) is 0 Å². The van der Waals surface area contributed by atoms with Gasteiger partial charge in [0.15, 0.2) is 5.69 Å². The van der Waals surface area contributed by atoms with Crippen molar-refractivity contribution in [3.8, 4) is 0 Å². The van der Waals surface area contributed by atoms with Gasteiger partial charge in [-0.15, -0.1) is 0 Å². The van der Waals surface area contributed by atoms with E-state index in [2.05, 4.69) is 15.1 Å². The molecule has 0 fully saturated rings. The fourth-order valence-electron chi connectivity index (χ4n) is 2.33. The van der Waals surface area contributed by atoms with Gasteiger partial charge in [0.25, 0.3) is 5.56 Å². The van der Waals surface area contributed by atoms with Crippen molar-refractivity contribution >= 4 is 51.5 Å². The lowest BCUT2D eigenvalue weighted by Gasteiger charge is -2.13. The van der Waals surface area contributed by atoms with Crippen LogP contribution in [0.4, 0.5) is 0 Å². The van der Waals surface area contributed by atoms with Crippen molar-refractivity contribution in [1.82, 2.24) is 9.97 Å². The first-order chi connectivity index (χ1) is 11.9. The number of aliphatic hydroxyl groups excluding tert-OH is 1. The van der Waals surface area contributed by atoms with Crippen LogP contribution in [0.3, 0.4) is 0 Å². The second-order valence-corrected chi connectivity index (χ2v) is 6.42. The number of nitrogens with two attached hydrogens (primary N) is 1. The number of hydrogen-bond donors (Lipinski definition) is 3. The molecule has 0 spiro atoms. The topological polar surface area (TPSA) is 104 Å². The Bertz CT molecular complexity index is 1050. The third kappa shape index (κ3) is 3.48. The zero-order chi connectivity index (χ0) is 18.1. The van der Waals surface area contributed by atoms with Crippen LogP contribution in [0.25, 0.3) is 11.0 Å². The fraction of sp³-hybridized carbons (Fsp3) is 0.0625. The molecular weight excluding hydrogens is 387 g/mol. The second-order valence-electron chi connectivity index (χ2n) is 5.17. The highest BCUT2D eigenvalue weighted by Gasteiger charge is 2.22. The minimum atomic E-state index is -1.31. The van der Waals surface area contributed by atoms with Crippen LogP contribution in [-0.2, 0) is 0 Å². The Kier molecular flexibility index (Phi) is 4.96. The molecule has 25 heavy (non-hydrogen) atoms. The van der Waals surface area contributed by atoms with Gasteiger partial charge < -0.3 is 15.9 Å². The van der Waals surface area contributed by atoms with E-state index >= 15 is 0 Å². The lowest BCUT2D eigenvalue weighted by atomic mass is 10.0. The summed E-state index contributed by atoms with van der Waals surface area (Å²) in [7, 11) is 0. The Hall–Kier alpha value is -2.12. The lowest BCUT2D eigenvalue weighted by Crippen LogP contribution is -2.26. The van der Waals surface area contributed by atoms with Gasteiger partial charge in [-0.25, -0.2) is 4.98 Å². The summed E-state index contributed by atoms with van der Waals surface area (Å²) in [4.78, 5) is 19.2. The number of aliphatic hydroxyl groups is 1. The lowest BCUT2D eigenvalue weighted by molar-refractivity contribution is 0.247. The molecule has 6 nitrogen and oxygen atoms in total. The maximum atomic E-state index is 12.3. The molecule has 0 aliphatic rings. The normalized spacial score (nSPS) is 13.2. The summed E-state index contributed by atoms with van der Waals surface area (Å²) in [6, 6.07) is 9.39. The van der Waals surface area contributed by atoms with Gasteiger partial charge in [0.1, 0.15) is 11.8 Å². The van der Waals surface area contributed by atoms with E-state index in [0.29, 0.717) is 26.6 Å². The molecule has 1 atom stereocenters. The number of benzene rings is 2. The summed E-state index contributed by atoms with van der Waals surface area (Å²) in [6.07, 6.45) is -1.31. The summed E-state index contributed by atoms with van der Waals surface area (Å²) in [5.74, 6) is 5.40. The van der Waals surface area contributed by atoms with E-state index in [1.54, 1.807) is 24.3 Å². The van der Waals surface area contributed by atoms with Crippen molar-refractivity contribution < 1.29 is 5.11 Å². The Morgan fingerprint density at radius 3 is 2.60 bits per heavy atom. The zero-order valence-corrected chi connectivity index (χ0v) is 14.8. The molecule has 1 aromatic heterocycles. The van der Waals surface area contributed by atoms with Gasteiger partial charge in [0, 0.05) is 5.02 Å². The molecule has 4 N–H and O–H groups in total. The standard InChI is InChI=1S/C16H11Cl3N4O2/c17-8-2-4-11-12(6-8)22-16(25)14(21-11)13(23-20)15(24)7-1-3-9(18)10(19)5-7/h1-6,15,24H,20H2,(H,22,25)/b23-13-. The average molecular weight is 398 g/mol. The van der Waals surface area contributed by atoms with E-state index < -0.39 is 11.7 Å². The van der Waals surface area contributed by atoms with Crippen LogP contribution in [0.15, 0.2) is 46.3 Å². The van der Waals surface area contributed by atoms with Crippen LogP contribution in [0, 0.1) is 0 Å². The summed E-state index contributed by atoms with van der Waals surface area (Å²) in [5.41, 5.74) is 0.546. The second kappa shape index (κ2) is 7.01. The number of hydrazone groups is 1. The number of aromatic amines is 1. The molecule has 0 aliphatic carbocycles. The Morgan fingerprint density at radius 2 is 1.92 bits per heavy atom. The minimum Gasteiger partial charge on any atom is -0.382 e. The number of fused-ring (bicyclic) bond motifs is 1. The Labute approximate surface area is 156 Å². The van der Waals surface area contributed by atoms with E-state index in [0.717, 1.165) is 0 Å². The molecule has 1 unspecified atom stereocenters. The number of nitrogens with one attached hydrogen (secondary N) is 1. The number of hydrogen-bond acceptors (Lipinski definition) is 5. The van der Waals surface area contributed by atoms with Crippen LogP contribution in [0.2, 0.25) is 15.1 Å². The third-order valence-electron chi connectivity index (χ3n) is 3.55. The number of H-pyrrole nitrogens is 1. The third-order valence-corrected chi connectivity index (χ3v) is 4.53. The molecule has 0 saturated carbocycles. The SMILES string of the molecule is N/N=C(/c1nc2ccc(Cl)cc2[nH]c1=O)C(O)c1ccc(Cl)c(Cl)c1. The Balaban J connectivity index is 2.10. The quantitative estimate of drug-likeness (QED) is 0.358. The van der Waals surface area contributed by atoms with Crippen LogP contribution in [0.1, 0.15) is 17.4 Å². The van der Waals surface area contributed by atoms with Gasteiger partial charge >= 0.3 is 0 Å². The predicted molar refractivity (Wildman–Crippen MR) is 99.5 cm³/mol. The minimum absolute atomic E-state index is 0.100. The van der Waals surface area contributed by atoms with Crippen LogP contribution in [-0.4, -0.2) is 20.8 Å². The van der Waals surface area contributed by atoms with Gasteiger partial charge in [-0.3, -0.25) is 4.79 Å². The first kappa shape index (κ1) is 17.7. The zero-order valence-electron chi connectivity index (χ0n) is 12.5. The Morgan fingerprint density at radius 1 is 1.16 bits per heavy atom. The van der Waals surface area contributed by atoms with Crippen LogP contribution < -0.4 is 11.4 Å². The predicted octanol–water partition coefficient (Wildman–Crippen LogP) is 3.28. The van der Waals surface area contributed by atoms with Crippen molar-refractivity contribution in [2.75, 3.05) is 0 Å². The number of halogens is 3. The molecule has 2 aromatic carbocycles. The number of nitrogens with zero attached hydrogens (tertiary/aromatic N) is 2. The van der Waals surface area contributed by atoms with E-state index in [9.17, 15) is 9.90 Å². The summed E-state index contributed by atoms with van der Waals surface area (Å²) in [5, 5.41) is 15.2. The monoisotopic (exact) mass is 396 g/mol. The highest BCUT2D eigenvalue weighted by molar-refractivity contribution is 6.42. The van der Waals surface area contributed by atoms with Gasteiger partial charge in [-0.2, -0.15) is 5.10 Å². The van der Waals surface area contributed by atoms with Gasteiger partial charge in [-0.1, -0.05) is 40.9 Å². The molecule has 3 aromatic rings. The molecular formula is C16H11Cl3N4O2. The molecule has 0 saturated heterocycles. The highest BCUT2D eigenvalue weighted by Crippen LogP contribution is 2.27. The number of aromatic nitrogens is 2. The summed E-state index contributed by atoms with van der Waals surface area (Å²) < 4.78 is 0. The molecule has 0 aliphatic heterocycles. The van der Waals surface area contributed by atoms with Crippen molar-refractivity contribution in [2.24, 2.45) is 10.9 Å². The molecule has 1 heterocycles. The molecule has 3 rings (SSSR count). The van der Waals surface area contributed by atoms with E-state index in [-0.39, 0.29) is 16.4 Å². The van der Waals surface area contributed by atoms with Gasteiger partial charge in [0.2, 0.25) is 0 Å². The van der Waals surface area contributed by atoms with Crippen molar-refractivity contribution in [3.63, 3.8) is 0 Å². The van der Waals surface area contributed by atoms with Crippen molar-refractivity contribution in [3.05, 3.63) is 73.1 Å². The largest absolute Gasteiger partial charge is 0.382 e. The van der Waals surface area contributed by atoms with Crippen molar-refractivity contribution in [2.45, 2.75) is 6.10 Å².